The van der Waals surface area contributed by atoms with Gasteiger partial charge in [-0.3, -0.25) is 4.79 Å². The van der Waals surface area contributed by atoms with Crippen molar-refractivity contribution in [2.75, 3.05) is 18.0 Å². The van der Waals surface area contributed by atoms with Crippen LogP contribution in [-0.4, -0.2) is 30.0 Å². The van der Waals surface area contributed by atoms with E-state index in [2.05, 4.69) is 21.3 Å². The van der Waals surface area contributed by atoms with E-state index >= 15 is 0 Å². The third kappa shape index (κ3) is 3.51. The minimum absolute atomic E-state index is 0.00362. The molecule has 23 heavy (non-hydrogen) atoms. The minimum atomic E-state index is -0.00362. The largest absolute Gasteiger partial charge is 0.355 e. The van der Waals surface area contributed by atoms with Gasteiger partial charge >= 0.3 is 0 Å². The first-order valence-electron chi connectivity index (χ1n) is 7.63. The Morgan fingerprint density at radius 3 is 2.83 bits per heavy atom. The number of nitrogens with one attached hydrogen (secondary N) is 1. The molecule has 1 amide bonds. The normalized spacial score (nSPS) is 15.2. The lowest BCUT2D eigenvalue weighted by Gasteiger charge is -2.33. The summed E-state index contributed by atoms with van der Waals surface area (Å²) in [5.41, 5.74) is 2.24. The number of carbonyl (C=O) groups is 1. The Hall–Kier alpha value is -2.39. The van der Waals surface area contributed by atoms with Gasteiger partial charge in [-0.25, -0.2) is 4.98 Å². The third-order valence-electron chi connectivity index (χ3n) is 4.05. The van der Waals surface area contributed by atoms with Crippen LogP contribution in [0.15, 0.2) is 29.0 Å². The van der Waals surface area contributed by atoms with Crippen molar-refractivity contribution in [1.29, 1.82) is 5.26 Å². The van der Waals surface area contributed by atoms with E-state index in [1.807, 2.05) is 35.9 Å². The molecule has 3 heterocycles. The average molecular weight is 326 g/mol. The van der Waals surface area contributed by atoms with Gasteiger partial charge in [-0.05, 0) is 43.3 Å². The van der Waals surface area contributed by atoms with Gasteiger partial charge in [0.05, 0.1) is 5.56 Å². The van der Waals surface area contributed by atoms with E-state index in [0.717, 1.165) is 43.0 Å². The van der Waals surface area contributed by atoms with Gasteiger partial charge in [0.2, 0.25) is 0 Å². The lowest BCUT2D eigenvalue weighted by atomic mass is 10.0. The van der Waals surface area contributed by atoms with Crippen molar-refractivity contribution in [3.63, 3.8) is 0 Å². The molecule has 118 valence electrons. The Morgan fingerprint density at radius 2 is 2.17 bits per heavy atom. The number of hydrogen-bond donors (Lipinski definition) is 1. The molecular weight excluding hydrogens is 308 g/mol. The van der Waals surface area contributed by atoms with Crippen molar-refractivity contribution in [2.24, 2.45) is 0 Å². The summed E-state index contributed by atoms with van der Waals surface area (Å²) >= 11 is 1.53. The molecule has 0 aromatic carbocycles. The molecule has 1 aliphatic heterocycles. The van der Waals surface area contributed by atoms with Gasteiger partial charge < -0.3 is 10.2 Å². The predicted octanol–water partition coefficient (Wildman–Crippen LogP) is 2.72. The number of rotatable bonds is 3. The Balaban J connectivity index is 1.62. The maximum atomic E-state index is 12.1. The predicted molar refractivity (Wildman–Crippen MR) is 90.7 cm³/mol. The lowest BCUT2D eigenvalue weighted by molar-refractivity contribution is 0.0931. The molecular formula is C17H18N4OS. The molecule has 5 nitrogen and oxygen atoms in total. The van der Waals surface area contributed by atoms with Crippen LogP contribution >= 0.6 is 11.3 Å². The van der Waals surface area contributed by atoms with Crippen molar-refractivity contribution in [3.8, 4) is 6.07 Å². The third-order valence-corrected chi connectivity index (χ3v) is 4.73. The summed E-state index contributed by atoms with van der Waals surface area (Å²) in [6.07, 6.45) is 1.72. The highest BCUT2D eigenvalue weighted by Crippen LogP contribution is 2.22. The quantitative estimate of drug-likeness (QED) is 0.941. The number of piperidine rings is 1. The highest BCUT2D eigenvalue weighted by molar-refractivity contribution is 7.08. The molecule has 1 aliphatic rings. The van der Waals surface area contributed by atoms with Crippen LogP contribution in [0.3, 0.4) is 0 Å². The molecule has 1 saturated heterocycles. The summed E-state index contributed by atoms with van der Waals surface area (Å²) in [5.74, 6) is 0.756. The average Bonchev–Trinajstić information content (AvgIpc) is 3.10. The highest BCUT2D eigenvalue weighted by Gasteiger charge is 2.23. The first-order chi connectivity index (χ1) is 11.2. The number of aryl methyl sites for hydroxylation is 1. The second-order valence-electron chi connectivity index (χ2n) is 5.68. The van der Waals surface area contributed by atoms with Gasteiger partial charge in [0.1, 0.15) is 11.9 Å². The van der Waals surface area contributed by atoms with Crippen molar-refractivity contribution >= 4 is 23.1 Å². The molecule has 0 saturated carbocycles. The number of hydrogen-bond acceptors (Lipinski definition) is 5. The number of carbonyl (C=O) groups excluding carboxylic acids is 1. The van der Waals surface area contributed by atoms with Crippen LogP contribution in [0, 0.1) is 18.3 Å². The SMILES string of the molecule is Cc1ccc(C#N)c(N2CCC(NC(=O)c3ccsc3)CC2)n1. The standard InChI is InChI=1S/C17H18N4OS/c1-12-2-3-13(10-18)16(19-12)21-7-4-15(5-8-21)20-17(22)14-6-9-23-11-14/h2-3,6,9,11,15H,4-5,7-8H2,1H3,(H,20,22). The summed E-state index contributed by atoms with van der Waals surface area (Å²) in [6, 6.07) is 7.90. The maximum Gasteiger partial charge on any atom is 0.252 e. The van der Waals surface area contributed by atoms with Crippen molar-refractivity contribution in [3.05, 3.63) is 45.8 Å². The molecule has 0 radical (unpaired) electrons. The Bertz CT molecular complexity index is 728. The monoisotopic (exact) mass is 326 g/mol. The Kier molecular flexibility index (Phi) is 4.58. The van der Waals surface area contributed by atoms with Gasteiger partial charge in [-0.15, -0.1) is 0 Å². The fourth-order valence-electron chi connectivity index (χ4n) is 2.77. The summed E-state index contributed by atoms with van der Waals surface area (Å²) in [6.45, 7) is 3.51. The maximum absolute atomic E-state index is 12.1. The lowest BCUT2D eigenvalue weighted by Crippen LogP contribution is -2.45. The zero-order valence-electron chi connectivity index (χ0n) is 13.0. The number of aromatic nitrogens is 1. The van der Waals surface area contributed by atoms with E-state index in [4.69, 9.17) is 0 Å². The van der Waals surface area contributed by atoms with Gasteiger partial charge in [-0.1, -0.05) is 0 Å². The molecule has 3 rings (SSSR count). The van der Waals surface area contributed by atoms with E-state index in [1.165, 1.54) is 11.3 Å². The van der Waals surface area contributed by atoms with Crippen LogP contribution in [0.2, 0.25) is 0 Å². The Morgan fingerprint density at radius 1 is 1.39 bits per heavy atom. The topological polar surface area (TPSA) is 69.0 Å². The molecule has 1 fully saturated rings. The van der Waals surface area contributed by atoms with Crippen LogP contribution in [-0.2, 0) is 0 Å². The van der Waals surface area contributed by atoms with Crippen LogP contribution in [0.25, 0.3) is 0 Å². The summed E-state index contributed by atoms with van der Waals surface area (Å²) in [4.78, 5) is 18.7. The molecule has 0 unspecified atom stereocenters. The molecule has 0 atom stereocenters. The molecule has 1 N–H and O–H groups in total. The van der Waals surface area contributed by atoms with Gasteiger partial charge in [-0.2, -0.15) is 16.6 Å². The second-order valence-corrected chi connectivity index (χ2v) is 6.46. The fraction of sp³-hybridized carbons (Fsp3) is 0.353. The number of amides is 1. The number of nitriles is 1. The first kappa shape index (κ1) is 15.5. The fourth-order valence-corrected chi connectivity index (χ4v) is 3.41. The van der Waals surface area contributed by atoms with E-state index in [-0.39, 0.29) is 11.9 Å². The molecule has 0 aliphatic carbocycles. The Labute approximate surface area is 139 Å². The number of pyridine rings is 1. The van der Waals surface area contributed by atoms with Gasteiger partial charge in [0, 0.05) is 35.8 Å². The van der Waals surface area contributed by atoms with Crippen LogP contribution in [0.4, 0.5) is 5.82 Å². The molecule has 6 heteroatoms. The van der Waals surface area contributed by atoms with Crippen molar-refractivity contribution in [1.82, 2.24) is 10.3 Å². The number of nitrogens with zero attached hydrogens (tertiary/aromatic N) is 3. The number of anilines is 1. The minimum Gasteiger partial charge on any atom is -0.355 e. The molecule has 0 spiro atoms. The van der Waals surface area contributed by atoms with Crippen LogP contribution in [0.5, 0.6) is 0 Å². The number of thiophene rings is 1. The first-order valence-corrected chi connectivity index (χ1v) is 8.57. The molecule has 2 aromatic rings. The van der Waals surface area contributed by atoms with Gasteiger partial charge in [0.25, 0.3) is 5.91 Å². The van der Waals surface area contributed by atoms with Crippen LogP contribution < -0.4 is 10.2 Å². The van der Waals surface area contributed by atoms with E-state index in [0.29, 0.717) is 5.56 Å². The summed E-state index contributed by atoms with van der Waals surface area (Å²) in [5, 5.41) is 16.1. The van der Waals surface area contributed by atoms with E-state index in [9.17, 15) is 10.1 Å². The molecule has 2 aromatic heterocycles. The van der Waals surface area contributed by atoms with E-state index < -0.39 is 0 Å². The summed E-state index contributed by atoms with van der Waals surface area (Å²) < 4.78 is 0. The van der Waals surface area contributed by atoms with Gasteiger partial charge in [0.15, 0.2) is 0 Å². The van der Waals surface area contributed by atoms with Crippen molar-refractivity contribution < 1.29 is 4.79 Å². The zero-order valence-corrected chi connectivity index (χ0v) is 13.8. The molecule has 0 bridgehead atoms. The van der Waals surface area contributed by atoms with Crippen molar-refractivity contribution in [2.45, 2.75) is 25.8 Å². The zero-order chi connectivity index (χ0) is 16.2. The van der Waals surface area contributed by atoms with E-state index in [1.54, 1.807) is 0 Å². The second kappa shape index (κ2) is 6.80. The van der Waals surface area contributed by atoms with Crippen LogP contribution in [0.1, 0.15) is 34.5 Å². The summed E-state index contributed by atoms with van der Waals surface area (Å²) in [7, 11) is 0. The smallest absolute Gasteiger partial charge is 0.252 e. The highest BCUT2D eigenvalue weighted by atomic mass is 32.1.